The number of amides is 2. The number of benzene rings is 1. The fourth-order valence-electron chi connectivity index (χ4n) is 3.41. The van der Waals surface area contributed by atoms with Crippen LogP contribution in [0.5, 0.6) is 17.4 Å². The molecule has 1 aliphatic heterocycles. The molecule has 1 aliphatic rings. The van der Waals surface area contributed by atoms with Crippen LogP contribution in [0, 0.1) is 0 Å². The van der Waals surface area contributed by atoms with Crippen molar-refractivity contribution in [1.82, 2.24) is 20.3 Å². The van der Waals surface area contributed by atoms with Gasteiger partial charge in [0.15, 0.2) is 0 Å². The largest absolute Gasteiger partial charge is 0.491 e. The van der Waals surface area contributed by atoms with Gasteiger partial charge in [-0.2, -0.15) is 26.3 Å². The average molecular weight is 611 g/mol. The van der Waals surface area contributed by atoms with Gasteiger partial charge < -0.3 is 29.0 Å². The number of halogens is 4. The van der Waals surface area contributed by atoms with E-state index in [-0.39, 0.29) is 49.1 Å². The molecular formula is C23H26ClF3N4O8S. The van der Waals surface area contributed by atoms with Crippen molar-refractivity contribution in [3.8, 4) is 17.4 Å². The summed E-state index contributed by atoms with van der Waals surface area (Å²) >= 11 is 5.95. The zero-order valence-corrected chi connectivity index (χ0v) is 22.6. The van der Waals surface area contributed by atoms with Crippen LogP contribution in [0.4, 0.5) is 18.0 Å². The van der Waals surface area contributed by atoms with Crippen LogP contribution < -0.4 is 24.8 Å². The summed E-state index contributed by atoms with van der Waals surface area (Å²) in [6.45, 7) is 0.502. The number of hydrogen-bond donors (Lipinski definition) is 3. The summed E-state index contributed by atoms with van der Waals surface area (Å²) < 4.78 is 86.0. The Labute approximate surface area is 232 Å². The monoisotopic (exact) mass is 610 g/mol. The lowest BCUT2D eigenvalue weighted by atomic mass is 10.1. The lowest BCUT2D eigenvalue weighted by molar-refractivity contribution is -0.137. The van der Waals surface area contributed by atoms with Gasteiger partial charge in [0.25, 0.3) is 0 Å². The Kier molecular flexibility index (Phi) is 10.8. The summed E-state index contributed by atoms with van der Waals surface area (Å²) in [6, 6.07) is 3.89. The number of nitrogens with one attached hydrogen (secondary N) is 3. The van der Waals surface area contributed by atoms with Crippen molar-refractivity contribution in [1.29, 1.82) is 0 Å². The topological polar surface area (TPSA) is 154 Å². The van der Waals surface area contributed by atoms with E-state index in [0.29, 0.717) is 31.6 Å². The smallest absolute Gasteiger partial charge is 0.423 e. The van der Waals surface area contributed by atoms with Crippen molar-refractivity contribution < 1.29 is 49.6 Å². The molecule has 1 fully saturated rings. The first kappa shape index (κ1) is 31.2. The fraction of sp³-hybridized carbons (Fsp3) is 0.435. The molecule has 0 radical (unpaired) electrons. The Morgan fingerprint density at radius 2 is 2.00 bits per heavy atom. The van der Waals surface area contributed by atoms with E-state index in [2.05, 4.69) is 19.8 Å². The Morgan fingerprint density at radius 1 is 1.23 bits per heavy atom. The third-order valence-corrected chi connectivity index (χ3v) is 6.58. The summed E-state index contributed by atoms with van der Waals surface area (Å²) in [5.41, 5.74) is -0.843. The van der Waals surface area contributed by atoms with Crippen molar-refractivity contribution in [2.24, 2.45) is 0 Å². The van der Waals surface area contributed by atoms with E-state index in [1.165, 1.54) is 25.3 Å². The Hall–Kier alpha value is -3.34. The highest BCUT2D eigenvalue weighted by atomic mass is 35.5. The zero-order valence-electron chi connectivity index (χ0n) is 21.0. The molecule has 2 aromatic rings. The summed E-state index contributed by atoms with van der Waals surface area (Å²) in [4.78, 5) is 27.9. The lowest BCUT2D eigenvalue weighted by Gasteiger charge is -2.16. The standard InChI is InChI=1S/C23H26ClF3N4O8S/c1-36-8-9-37-16-6-5-14(19(11-16)38-21-17(24)10-15(13-29-21)23(25,26)27)12-30-22(33)39-40(34,35)31-18-4-2-3-7-28-20(18)32/h5-6,10-11,13,18,31H,2-4,7-9,12H2,1H3,(H,28,32)(H,30,33). The molecular weight excluding hydrogens is 585 g/mol. The molecule has 3 rings (SSSR count). The fourth-order valence-corrected chi connectivity index (χ4v) is 4.50. The predicted octanol–water partition coefficient (Wildman–Crippen LogP) is 3.30. The van der Waals surface area contributed by atoms with E-state index in [4.69, 9.17) is 25.8 Å². The molecule has 2 amide bonds. The van der Waals surface area contributed by atoms with Crippen LogP contribution in [-0.2, 0) is 36.7 Å². The van der Waals surface area contributed by atoms with E-state index in [9.17, 15) is 31.2 Å². The van der Waals surface area contributed by atoms with Gasteiger partial charge in [0.1, 0.15) is 29.2 Å². The highest BCUT2D eigenvalue weighted by molar-refractivity contribution is 7.85. The van der Waals surface area contributed by atoms with Crippen molar-refractivity contribution in [3.05, 3.63) is 46.6 Å². The maximum atomic E-state index is 13.0. The highest BCUT2D eigenvalue weighted by Gasteiger charge is 2.32. The number of pyridine rings is 1. The summed E-state index contributed by atoms with van der Waals surface area (Å²) in [6.07, 6.45) is -3.99. The number of ether oxygens (including phenoxy) is 3. The van der Waals surface area contributed by atoms with Crippen molar-refractivity contribution in [2.45, 2.75) is 38.0 Å². The van der Waals surface area contributed by atoms with Gasteiger partial charge in [-0.3, -0.25) is 4.79 Å². The molecule has 1 unspecified atom stereocenters. The van der Waals surface area contributed by atoms with Crippen molar-refractivity contribution >= 4 is 33.9 Å². The summed E-state index contributed by atoms with van der Waals surface area (Å²) in [5, 5.41) is 4.36. The van der Waals surface area contributed by atoms with Crippen LogP contribution in [0.2, 0.25) is 5.02 Å². The number of nitrogens with zero attached hydrogens (tertiary/aromatic N) is 1. The molecule has 0 saturated carbocycles. The third-order valence-electron chi connectivity index (χ3n) is 5.37. The van der Waals surface area contributed by atoms with Gasteiger partial charge >= 0.3 is 22.6 Å². The molecule has 40 heavy (non-hydrogen) atoms. The van der Waals surface area contributed by atoms with Gasteiger partial charge in [0.05, 0.1) is 12.2 Å². The van der Waals surface area contributed by atoms with Crippen LogP contribution in [0.25, 0.3) is 0 Å². The van der Waals surface area contributed by atoms with Gasteiger partial charge in [-0.05, 0) is 37.5 Å². The molecule has 0 aliphatic carbocycles. The molecule has 17 heteroatoms. The predicted molar refractivity (Wildman–Crippen MR) is 134 cm³/mol. The minimum atomic E-state index is -4.67. The van der Waals surface area contributed by atoms with Gasteiger partial charge in [-0.15, -0.1) is 0 Å². The number of alkyl halides is 3. The van der Waals surface area contributed by atoms with E-state index < -0.39 is 45.1 Å². The Morgan fingerprint density at radius 3 is 2.70 bits per heavy atom. The number of carbonyl (C=O) groups is 2. The van der Waals surface area contributed by atoms with Crippen LogP contribution in [0.1, 0.15) is 30.4 Å². The van der Waals surface area contributed by atoms with E-state index >= 15 is 0 Å². The third kappa shape index (κ3) is 9.39. The van der Waals surface area contributed by atoms with Gasteiger partial charge in [0.2, 0.25) is 11.8 Å². The second-order valence-electron chi connectivity index (χ2n) is 8.36. The molecule has 1 aromatic carbocycles. The van der Waals surface area contributed by atoms with Crippen LogP contribution in [0.15, 0.2) is 30.5 Å². The number of carbonyl (C=O) groups excluding carboxylic acids is 2. The van der Waals surface area contributed by atoms with Crippen molar-refractivity contribution in [3.63, 3.8) is 0 Å². The van der Waals surface area contributed by atoms with Gasteiger partial charge in [0, 0.05) is 38.0 Å². The molecule has 1 atom stereocenters. The van der Waals surface area contributed by atoms with Crippen LogP contribution in [-0.4, -0.2) is 58.3 Å². The minimum Gasteiger partial charge on any atom is -0.491 e. The van der Waals surface area contributed by atoms with Crippen LogP contribution in [0.3, 0.4) is 0 Å². The average Bonchev–Trinajstić information content (AvgIpc) is 3.07. The van der Waals surface area contributed by atoms with Crippen molar-refractivity contribution in [2.75, 3.05) is 26.9 Å². The first-order valence-corrected chi connectivity index (χ1v) is 13.6. The molecule has 1 saturated heterocycles. The zero-order chi connectivity index (χ0) is 29.3. The van der Waals surface area contributed by atoms with E-state index in [1.807, 2.05) is 4.72 Å². The Bertz CT molecular complexity index is 1310. The summed E-state index contributed by atoms with van der Waals surface area (Å²) in [7, 11) is -3.16. The minimum absolute atomic E-state index is 0.0134. The van der Waals surface area contributed by atoms with Gasteiger partial charge in [-0.25, -0.2) is 9.78 Å². The molecule has 0 bridgehead atoms. The highest BCUT2D eigenvalue weighted by Crippen LogP contribution is 2.36. The number of rotatable bonds is 11. The van der Waals surface area contributed by atoms with Crippen LogP contribution >= 0.6 is 11.6 Å². The van der Waals surface area contributed by atoms with E-state index in [1.54, 1.807) is 0 Å². The van der Waals surface area contributed by atoms with E-state index in [0.717, 1.165) is 0 Å². The molecule has 1 aromatic heterocycles. The normalized spacial score (nSPS) is 16.0. The maximum absolute atomic E-state index is 13.0. The molecule has 0 spiro atoms. The maximum Gasteiger partial charge on any atom is 0.423 e. The second-order valence-corrected chi connectivity index (χ2v) is 10.1. The summed E-state index contributed by atoms with van der Waals surface area (Å²) in [5.74, 6) is -0.619. The number of hydrogen-bond acceptors (Lipinski definition) is 9. The Balaban J connectivity index is 1.72. The quantitative estimate of drug-likeness (QED) is 0.325. The number of methoxy groups -OCH3 is 1. The molecule has 3 N–H and O–H groups in total. The SMILES string of the molecule is COCCOc1ccc(CNC(=O)OS(=O)(=O)NC2CCCCNC2=O)c(Oc2ncc(C(F)(F)F)cc2Cl)c1. The van der Waals surface area contributed by atoms with Gasteiger partial charge in [-0.1, -0.05) is 11.6 Å². The molecule has 220 valence electrons. The number of aromatic nitrogens is 1. The first-order chi connectivity index (χ1) is 18.9. The first-order valence-electron chi connectivity index (χ1n) is 11.8. The molecule has 2 heterocycles. The lowest BCUT2D eigenvalue weighted by Crippen LogP contribution is -2.47. The molecule has 12 nitrogen and oxygen atoms in total. The second kappa shape index (κ2) is 13.8.